The molecule has 0 aliphatic heterocycles. The summed E-state index contributed by atoms with van der Waals surface area (Å²) in [6, 6.07) is 5.53. The second kappa shape index (κ2) is 7.43. The predicted octanol–water partition coefficient (Wildman–Crippen LogP) is 2.38. The Balaban J connectivity index is 1.70. The van der Waals surface area contributed by atoms with Crippen molar-refractivity contribution in [3.05, 3.63) is 68.2 Å². The van der Waals surface area contributed by atoms with Crippen molar-refractivity contribution in [3.8, 4) is 0 Å². The van der Waals surface area contributed by atoms with Crippen LogP contribution in [-0.2, 0) is 19.4 Å². The largest absolute Gasteiger partial charge is 0.460 e. The lowest BCUT2D eigenvalue weighted by Crippen LogP contribution is -2.33. The fraction of sp³-hybridized carbons (Fsp3) is 0.190. The van der Waals surface area contributed by atoms with Gasteiger partial charge in [0.2, 0.25) is 9.84 Å². The highest BCUT2D eigenvalue weighted by Crippen LogP contribution is 2.42. The van der Waals surface area contributed by atoms with E-state index in [0.29, 0.717) is 6.42 Å². The van der Waals surface area contributed by atoms with Gasteiger partial charge in [-0.25, -0.2) is 17.6 Å². The van der Waals surface area contributed by atoms with Gasteiger partial charge in [-0.1, -0.05) is 16.3 Å². The van der Waals surface area contributed by atoms with Gasteiger partial charge in [-0.15, -0.1) is 0 Å². The van der Waals surface area contributed by atoms with Crippen molar-refractivity contribution in [2.24, 2.45) is 0 Å². The first-order valence-electron chi connectivity index (χ1n) is 9.90. The predicted molar refractivity (Wildman–Crippen MR) is 118 cm³/mol. The number of esters is 1. The maximum absolute atomic E-state index is 14.9. The SMILES string of the molecule is CC(=O)O[C@@H]1C[C@H]1n1ccc2c(F)cc(S(=O)(=O)c3ccc(Cl)c4c(=O)n(O)c(=O)[nH]c34)cc21. The molecule has 1 aliphatic rings. The molecule has 4 aromatic rings. The maximum atomic E-state index is 14.9. The molecule has 2 aromatic heterocycles. The highest BCUT2D eigenvalue weighted by molar-refractivity contribution is 7.91. The van der Waals surface area contributed by atoms with Gasteiger partial charge in [0.1, 0.15) is 11.9 Å². The standard InChI is InChI=1S/C21H15ClFN3O7S/c1-9(27)33-16-8-15(16)25-5-4-11-13(23)6-10(7-14(11)25)34(31,32)17-3-2-12(22)18-19(17)24-21(29)26(30)20(18)28/h2-7,15-16,30H,8H2,1H3,(H,24,29)/t15-,16-/m1/s1. The molecule has 2 heterocycles. The summed E-state index contributed by atoms with van der Waals surface area (Å²) in [5.74, 6) is -1.26. The number of aromatic nitrogens is 3. The van der Waals surface area contributed by atoms with Crippen molar-refractivity contribution in [2.45, 2.75) is 35.3 Å². The third kappa shape index (κ3) is 3.29. The van der Waals surface area contributed by atoms with Crippen LogP contribution in [0.5, 0.6) is 0 Å². The molecule has 10 nitrogen and oxygen atoms in total. The molecular formula is C21H15ClFN3O7S. The number of benzene rings is 2. The number of carbonyl (C=O) groups is 1. The molecule has 2 atom stereocenters. The molecule has 2 N–H and O–H groups in total. The van der Waals surface area contributed by atoms with Crippen LogP contribution in [0.4, 0.5) is 4.39 Å². The van der Waals surface area contributed by atoms with Crippen LogP contribution < -0.4 is 11.2 Å². The number of rotatable bonds is 4. The van der Waals surface area contributed by atoms with E-state index in [0.717, 1.165) is 18.2 Å². The minimum absolute atomic E-state index is 0.171. The maximum Gasteiger partial charge on any atom is 0.362 e. The molecule has 0 bridgehead atoms. The lowest BCUT2D eigenvalue weighted by molar-refractivity contribution is -0.142. The molecule has 1 aliphatic carbocycles. The molecule has 1 fully saturated rings. The summed E-state index contributed by atoms with van der Waals surface area (Å²) in [6.45, 7) is 1.28. The first-order chi connectivity index (χ1) is 16.0. The number of fused-ring (bicyclic) bond motifs is 2. The number of hydrogen-bond acceptors (Lipinski definition) is 7. The fourth-order valence-electron chi connectivity index (χ4n) is 4.03. The lowest BCUT2D eigenvalue weighted by Gasteiger charge is -2.11. The number of sulfone groups is 1. The Morgan fingerprint density at radius 2 is 2.00 bits per heavy atom. The van der Waals surface area contributed by atoms with Crippen LogP contribution in [0.15, 0.2) is 55.9 Å². The smallest absolute Gasteiger partial charge is 0.362 e. The van der Waals surface area contributed by atoms with Crippen LogP contribution in [0.2, 0.25) is 5.02 Å². The monoisotopic (exact) mass is 507 g/mol. The summed E-state index contributed by atoms with van der Waals surface area (Å²) < 4.78 is 48.5. The number of hydrogen-bond donors (Lipinski definition) is 2. The summed E-state index contributed by atoms with van der Waals surface area (Å²) in [4.78, 5) is 36.7. The third-order valence-electron chi connectivity index (χ3n) is 5.68. The number of aromatic amines is 1. The Kier molecular flexibility index (Phi) is 4.85. The Bertz CT molecular complexity index is 1760. The number of ether oxygens (including phenoxy) is 1. The normalized spacial score (nSPS) is 17.9. The van der Waals surface area contributed by atoms with Gasteiger partial charge < -0.3 is 19.5 Å². The van der Waals surface area contributed by atoms with Gasteiger partial charge in [-0.05, 0) is 30.3 Å². The van der Waals surface area contributed by atoms with E-state index in [1.165, 1.54) is 19.1 Å². The minimum Gasteiger partial charge on any atom is -0.460 e. The molecule has 34 heavy (non-hydrogen) atoms. The molecule has 0 unspecified atom stereocenters. The molecule has 2 aromatic carbocycles. The Morgan fingerprint density at radius 3 is 2.71 bits per heavy atom. The van der Waals surface area contributed by atoms with Crippen LogP contribution in [-0.4, -0.2) is 40.0 Å². The van der Waals surface area contributed by atoms with Crippen LogP contribution in [0.3, 0.4) is 0 Å². The molecule has 0 spiro atoms. The van der Waals surface area contributed by atoms with E-state index in [1.54, 1.807) is 10.8 Å². The van der Waals surface area contributed by atoms with Crippen LogP contribution in [0.25, 0.3) is 21.8 Å². The van der Waals surface area contributed by atoms with E-state index in [1.807, 2.05) is 0 Å². The van der Waals surface area contributed by atoms with Gasteiger partial charge in [0.25, 0.3) is 5.56 Å². The van der Waals surface area contributed by atoms with E-state index in [-0.39, 0.29) is 26.7 Å². The summed E-state index contributed by atoms with van der Waals surface area (Å²) in [6.07, 6.45) is 1.68. The second-order valence-electron chi connectivity index (χ2n) is 7.86. The average molecular weight is 508 g/mol. The van der Waals surface area contributed by atoms with Gasteiger partial charge in [0.05, 0.1) is 37.3 Å². The van der Waals surface area contributed by atoms with Crippen molar-refractivity contribution >= 4 is 49.2 Å². The van der Waals surface area contributed by atoms with E-state index in [2.05, 4.69) is 4.98 Å². The highest BCUT2D eigenvalue weighted by Gasteiger charge is 2.42. The molecule has 13 heteroatoms. The number of nitrogens with zero attached hydrogens (tertiary/aromatic N) is 2. The third-order valence-corrected chi connectivity index (χ3v) is 7.77. The van der Waals surface area contributed by atoms with Crippen molar-refractivity contribution in [1.82, 2.24) is 14.3 Å². The van der Waals surface area contributed by atoms with E-state index in [9.17, 15) is 32.4 Å². The van der Waals surface area contributed by atoms with Crippen LogP contribution in [0, 0.1) is 5.82 Å². The first-order valence-corrected chi connectivity index (χ1v) is 11.8. The quantitative estimate of drug-likeness (QED) is 0.319. The second-order valence-corrected chi connectivity index (χ2v) is 10.2. The topological polar surface area (TPSA) is 140 Å². The molecule has 0 saturated heterocycles. The number of carbonyl (C=O) groups excluding carboxylic acids is 1. The van der Waals surface area contributed by atoms with Crippen molar-refractivity contribution in [3.63, 3.8) is 0 Å². The fourth-order valence-corrected chi connectivity index (χ4v) is 5.72. The molecule has 176 valence electrons. The Hall–Kier alpha value is -3.64. The molecular weight excluding hydrogens is 493 g/mol. The molecule has 0 amide bonds. The Labute approximate surface area is 194 Å². The van der Waals surface area contributed by atoms with Crippen LogP contribution >= 0.6 is 11.6 Å². The van der Waals surface area contributed by atoms with Gasteiger partial charge in [0.15, 0.2) is 0 Å². The first kappa shape index (κ1) is 22.2. The summed E-state index contributed by atoms with van der Waals surface area (Å²) in [5.41, 5.74) is -2.62. The minimum atomic E-state index is -4.47. The van der Waals surface area contributed by atoms with E-state index in [4.69, 9.17) is 16.3 Å². The molecule has 1 saturated carbocycles. The van der Waals surface area contributed by atoms with E-state index < -0.39 is 59.7 Å². The summed E-state index contributed by atoms with van der Waals surface area (Å²) >= 11 is 6.02. The summed E-state index contributed by atoms with van der Waals surface area (Å²) in [5, 5.41) is 9.16. The molecule has 5 rings (SSSR count). The Morgan fingerprint density at radius 1 is 1.26 bits per heavy atom. The van der Waals surface area contributed by atoms with Crippen LogP contribution in [0.1, 0.15) is 19.4 Å². The zero-order chi connectivity index (χ0) is 24.5. The molecule has 0 radical (unpaired) electrons. The lowest BCUT2D eigenvalue weighted by atomic mass is 10.2. The van der Waals surface area contributed by atoms with Crippen molar-refractivity contribution in [2.75, 3.05) is 0 Å². The van der Waals surface area contributed by atoms with Gasteiger partial charge in [-0.3, -0.25) is 9.59 Å². The number of halogens is 2. The number of H-pyrrole nitrogens is 1. The number of nitrogens with one attached hydrogen (secondary N) is 1. The zero-order valence-corrected chi connectivity index (χ0v) is 18.9. The average Bonchev–Trinajstić information content (AvgIpc) is 3.36. The van der Waals surface area contributed by atoms with Crippen molar-refractivity contribution in [1.29, 1.82) is 0 Å². The summed E-state index contributed by atoms with van der Waals surface area (Å²) in [7, 11) is -4.47. The van der Waals surface area contributed by atoms with Gasteiger partial charge in [-0.2, -0.15) is 0 Å². The van der Waals surface area contributed by atoms with E-state index >= 15 is 0 Å². The highest BCUT2D eigenvalue weighted by atomic mass is 35.5. The zero-order valence-electron chi connectivity index (χ0n) is 17.3. The van der Waals surface area contributed by atoms with Crippen molar-refractivity contribution < 1.29 is 27.5 Å². The van der Waals surface area contributed by atoms with Gasteiger partial charge >= 0.3 is 11.7 Å². The van der Waals surface area contributed by atoms with Gasteiger partial charge in [0, 0.05) is 24.9 Å².